The zero-order valence-corrected chi connectivity index (χ0v) is 8.99. The number of nitrogens with zero attached hydrogens (tertiary/aromatic N) is 2. The predicted molar refractivity (Wildman–Crippen MR) is 51.4 cm³/mol. The van der Waals surface area contributed by atoms with Crippen LogP contribution >= 0.6 is 22.6 Å². The normalized spacial score (nSPS) is 11.8. The highest BCUT2D eigenvalue weighted by molar-refractivity contribution is 14.1. The van der Waals surface area contributed by atoms with Crippen molar-refractivity contribution in [2.75, 3.05) is 5.75 Å². The average molecular weight is 302 g/mol. The average Bonchev–Trinajstić information content (AvgIpc) is 2.30. The molecule has 1 heterocycles. The molecule has 0 spiro atoms. The van der Waals surface area contributed by atoms with Crippen LogP contribution in [0.15, 0.2) is 12.4 Å². The van der Waals surface area contributed by atoms with Crippen LogP contribution < -0.4 is 0 Å². The van der Waals surface area contributed by atoms with Gasteiger partial charge in [0.15, 0.2) is 0 Å². The topological polar surface area (TPSA) is 72.2 Å². The minimum atomic E-state index is -3.88. The molecule has 1 N–H and O–H groups in total. The Morgan fingerprint density at radius 2 is 2.33 bits per heavy atom. The maximum absolute atomic E-state index is 10.3. The lowest BCUT2D eigenvalue weighted by Crippen LogP contribution is -2.11. The summed E-state index contributed by atoms with van der Waals surface area (Å²) in [6.07, 6.45) is 3.32. The third-order valence-corrected chi connectivity index (χ3v) is 2.44. The van der Waals surface area contributed by atoms with Gasteiger partial charge in [0.2, 0.25) is 0 Å². The Labute approximate surface area is 83.7 Å². The summed E-state index contributed by atoms with van der Waals surface area (Å²) >= 11 is 2.07. The van der Waals surface area contributed by atoms with Crippen molar-refractivity contribution in [2.45, 2.75) is 6.54 Å². The van der Waals surface area contributed by atoms with Crippen LogP contribution in [0.4, 0.5) is 0 Å². The first-order chi connectivity index (χ1) is 5.47. The Kier molecular flexibility index (Phi) is 3.07. The number of aryl methyl sites for hydroxylation is 1. The summed E-state index contributed by atoms with van der Waals surface area (Å²) in [6.45, 7) is 0.182. The van der Waals surface area contributed by atoms with E-state index in [-0.39, 0.29) is 12.3 Å². The molecule has 68 valence electrons. The number of hydrogen-bond acceptors (Lipinski definition) is 3. The van der Waals surface area contributed by atoms with Crippen molar-refractivity contribution in [1.29, 1.82) is 0 Å². The largest absolute Gasteiger partial charge is 0.285 e. The maximum Gasteiger partial charge on any atom is 0.266 e. The smallest absolute Gasteiger partial charge is 0.266 e. The summed E-state index contributed by atoms with van der Waals surface area (Å²) < 4.78 is 31.5. The van der Waals surface area contributed by atoms with Crippen LogP contribution in [-0.2, 0) is 16.7 Å². The van der Waals surface area contributed by atoms with Crippen molar-refractivity contribution >= 4 is 32.7 Å². The molecule has 0 saturated carbocycles. The zero-order chi connectivity index (χ0) is 9.19. The van der Waals surface area contributed by atoms with E-state index >= 15 is 0 Å². The lowest BCUT2D eigenvalue weighted by molar-refractivity contribution is 0.475. The van der Waals surface area contributed by atoms with E-state index < -0.39 is 10.1 Å². The van der Waals surface area contributed by atoms with Crippen LogP contribution in [-0.4, -0.2) is 28.5 Å². The van der Waals surface area contributed by atoms with Crippen molar-refractivity contribution in [2.24, 2.45) is 0 Å². The molecule has 0 radical (unpaired) electrons. The number of rotatable bonds is 3. The zero-order valence-electron chi connectivity index (χ0n) is 6.01. The van der Waals surface area contributed by atoms with Crippen molar-refractivity contribution in [3.63, 3.8) is 0 Å². The number of aromatic nitrogens is 2. The summed E-state index contributed by atoms with van der Waals surface area (Å²) in [5, 5.41) is 3.85. The molecule has 0 aliphatic rings. The second kappa shape index (κ2) is 3.71. The van der Waals surface area contributed by atoms with E-state index in [0.717, 1.165) is 3.57 Å². The van der Waals surface area contributed by atoms with Gasteiger partial charge in [-0.15, -0.1) is 0 Å². The number of halogens is 1. The summed E-state index contributed by atoms with van der Waals surface area (Å²) in [6, 6.07) is 0. The van der Waals surface area contributed by atoms with Gasteiger partial charge in [-0.05, 0) is 22.6 Å². The summed E-state index contributed by atoms with van der Waals surface area (Å²) in [7, 11) is -3.88. The molecule has 12 heavy (non-hydrogen) atoms. The Hall–Kier alpha value is -0.150. The van der Waals surface area contributed by atoms with Crippen molar-refractivity contribution in [3.8, 4) is 0 Å². The van der Waals surface area contributed by atoms with Gasteiger partial charge in [-0.1, -0.05) is 0 Å². The standard InChI is InChI=1S/C5H7IN2O3S/c6-5-3-7-8(4-5)1-2-12(9,10)11/h3-4H,1-2H2,(H,9,10,11). The summed E-state index contributed by atoms with van der Waals surface area (Å²) in [5.74, 6) is -0.301. The minimum Gasteiger partial charge on any atom is -0.285 e. The van der Waals surface area contributed by atoms with Crippen LogP contribution in [0.1, 0.15) is 0 Å². The van der Waals surface area contributed by atoms with E-state index in [9.17, 15) is 8.42 Å². The van der Waals surface area contributed by atoms with E-state index in [4.69, 9.17) is 4.55 Å². The quantitative estimate of drug-likeness (QED) is 0.647. The first kappa shape index (κ1) is 9.93. The molecular weight excluding hydrogens is 295 g/mol. The molecule has 0 aliphatic carbocycles. The fraction of sp³-hybridized carbons (Fsp3) is 0.400. The van der Waals surface area contributed by atoms with E-state index in [1.165, 1.54) is 4.68 Å². The molecule has 1 aromatic rings. The van der Waals surface area contributed by atoms with Crippen LogP contribution in [0.25, 0.3) is 0 Å². The van der Waals surface area contributed by atoms with Crippen LogP contribution in [0, 0.1) is 3.57 Å². The molecule has 1 aromatic heterocycles. The van der Waals surface area contributed by atoms with Crippen LogP contribution in [0.2, 0.25) is 0 Å². The third-order valence-electron chi connectivity index (χ3n) is 1.18. The summed E-state index contributed by atoms with van der Waals surface area (Å²) in [4.78, 5) is 0. The Bertz CT molecular complexity index is 359. The third kappa shape index (κ3) is 3.50. The van der Waals surface area contributed by atoms with Crippen molar-refractivity contribution in [3.05, 3.63) is 16.0 Å². The highest BCUT2D eigenvalue weighted by atomic mass is 127. The lowest BCUT2D eigenvalue weighted by atomic mass is 10.7. The van der Waals surface area contributed by atoms with Crippen LogP contribution in [0.3, 0.4) is 0 Å². The van der Waals surface area contributed by atoms with Gasteiger partial charge in [-0.3, -0.25) is 9.23 Å². The van der Waals surface area contributed by atoms with Gasteiger partial charge in [-0.25, -0.2) is 0 Å². The lowest BCUT2D eigenvalue weighted by Gasteiger charge is -1.97. The second-order valence-electron chi connectivity index (χ2n) is 2.21. The first-order valence-electron chi connectivity index (χ1n) is 3.10. The Morgan fingerprint density at radius 3 is 2.75 bits per heavy atom. The van der Waals surface area contributed by atoms with Gasteiger partial charge < -0.3 is 0 Å². The molecule has 0 unspecified atom stereocenters. The Balaban J connectivity index is 2.55. The minimum absolute atomic E-state index is 0.182. The monoisotopic (exact) mass is 302 g/mol. The molecule has 0 saturated heterocycles. The van der Waals surface area contributed by atoms with E-state index in [2.05, 4.69) is 27.7 Å². The fourth-order valence-corrected chi connectivity index (χ4v) is 1.53. The highest BCUT2D eigenvalue weighted by Crippen LogP contribution is 2.00. The molecule has 0 aromatic carbocycles. The molecule has 5 nitrogen and oxygen atoms in total. The molecule has 0 amide bonds. The SMILES string of the molecule is O=S(=O)(O)CCn1cc(I)cn1. The van der Waals surface area contributed by atoms with Gasteiger partial charge in [0.1, 0.15) is 0 Å². The molecule has 1 rings (SSSR count). The number of hydrogen-bond donors (Lipinski definition) is 1. The first-order valence-corrected chi connectivity index (χ1v) is 5.79. The van der Waals surface area contributed by atoms with Gasteiger partial charge >= 0.3 is 0 Å². The molecule has 0 bridgehead atoms. The molecule has 7 heteroatoms. The Morgan fingerprint density at radius 1 is 1.67 bits per heavy atom. The van der Waals surface area contributed by atoms with E-state index in [1.54, 1.807) is 12.4 Å². The van der Waals surface area contributed by atoms with Crippen molar-refractivity contribution in [1.82, 2.24) is 9.78 Å². The molecular formula is C5H7IN2O3S. The van der Waals surface area contributed by atoms with Crippen molar-refractivity contribution < 1.29 is 13.0 Å². The summed E-state index contributed by atoms with van der Waals surface area (Å²) in [5.41, 5.74) is 0. The molecule has 0 aliphatic heterocycles. The predicted octanol–water partition coefficient (Wildman–Crippen LogP) is 0.375. The van der Waals surface area contributed by atoms with E-state index in [0.29, 0.717) is 0 Å². The second-order valence-corrected chi connectivity index (χ2v) is 5.03. The van der Waals surface area contributed by atoms with Gasteiger partial charge in [-0.2, -0.15) is 13.5 Å². The van der Waals surface area contributed by atoms with Crippen LogP contribution in [0.5, 0.6) is 0 Å². The van der Waals surface area contributed by atoms with Gasteiger partial charge in [0.25, 0.3) is 10.1 Å². The maximum atomic E-state index is 10.3. The molecule has 0 fully saturated rings. The highest BCUT2D eigenvalue weighted by Gasteiger charge is 2.04. The fourth-order valence-electron chi connectivity index (χ4n) is 0.670. The molecule has 0 atom stereocenters. The van der Waals surface area contributed by atoms with Gasteiger partial charge in [0.05, 0.1) is 22.1 Å². The van der Waals surface area contributed by atoms with E-state index in [1.807, 2.05) is 0 Å². The van der Waals surface area contributed by atoms with Gasteiger partial charge in [0, 0.05) is 6.20 Å².